The summed E-state index contributed by atoms with van der Waals surface area (Å²) in [5, 5.41) is 0. The van der Waals surface area contributed by atoms with E-state index in [0.717, 1.165) is 34.4 Å². The minimum absolute atomic E-state index is 0.333. The third-order valence-corrected chi connectivity index (χ3v) is 3.89. The average molecular weight is 300 g/mol. The molecular formula is C13H18BrNO2. The maximum atomic E-state index is 5.98. The molecule has 0 spiro atoms. The van der Waals surface area contributed by atoms with Crippen molar-refractivity contribution in [3.05, 3.63) is 22.2 Å². The number of benzene rings is 1. The molecule has 0 amide bonds. The molecule has 4 heteroatoms. The smallest absolute Gasteiger partial charge is 0.162 e. The van der Waals surface area contributed by atoms with E-state index in [1.54, 1.807) is 7.11 Å². The van der Waals surface area contributed by atoms with Crippen molar-refractivity contribution in [1.29, 1.82) is 0 Å². The standard InChI is InChI=1S/C13H18BrNO2/c1-16-12-6-9(8-15)11(14)7-13(12)17-10-4-2-3-5-10/h6-7,10H,2-5,8,15H2,1H3. The second-order valence-corrected chi connectivity index (χ2v) is 5.18. The Labute approximate surface area is 110 Å². The first-order chi connectivity index (χ1) is 8.24. The van der Waals surface area contributed by atoms with Gasteiger partial charge in [0.2, 0.25) is 0 Å². The fraction of sp³-hybridized carbons (Fsp3) is 0.538. The molecule has 1 fully saturated rings. The van der Waals surface area contributed by atoms with Crippen molar-refractivity contribution in [2.45, 2.75) is 38.3 Å². The van der Waals surface area contributed by atoms with Crippen LogP contribution in [0.25, 0.3) is 0 Å². The Balaban J connectivity index is 2.22. The quantitative estimate of drug-likeness (QED) is 0.928. The van der Waals surface area contributed by atoms with Gasteiger partial charge in [-0.05, 0) is 43.4 Å². The molecule has 1 saturated carbocycles. The molecule has 17 heavy (non-hydrogen) atoms. The first kappa shape index (κ1) is 12.7. The normalized spacial score (nSPS) is 16.2. The number of methoxy groups -OCH3 is 1. The third kappa shape index (κ3) is 2.93. The fourth-order valence-corrected chi connectivity index (χ4v) is 2.66. The van der Waals surface area contributed by atoms with Crippen LogP contribution in [-0.2, 0) is 6.54 Å². The van der Waals surface area contributed by atoms with Gasteiger partial charge in [-0.2, -0.15) is 0 Å². The van der Waals surface area contributed by atoms with E-state index in [4.69, 9.17) is 15.2 Å². The molecular weight excluding hydrogens is 282 g/mol. The van der Waals surface area contributed by atoms with Crippen LogP contribution in [0.2, 0.25) is 0 Å². The average Bonchev–Trinajstić information content (AvgIpc) is 2.82. The molecule has 1 aliphatic rings. The van der Waals surface area contributed by atoms with Crippen LogP contribution in [0.1, 0.15) is 31.2 Å². The van der Waals surface area contributed by atoms with Crippen molar-refractivity contribution in [2.75, 3.05) is 7.11 Å². The van der Waals surface area contributed by atoms with Gasteiger partial charge in [-0.15, -0.1) is 0 Å². The van der Waals surface area contributed by atoms with Crippen molar-refractivity contribution in [3.63, 3.8) is 0 Å². The maximum Gasteiger partial charge on any atom is 0.162 e. The van der Waals surface area contributed by atoms with E-state index < -0.39 is 0 Å². The number of hydrogen-bond donors (Lipinski definition) is 1. The first-order valence-electron chi connectivity index (χ1n) is 5.97. The Morgan fingerprint density at radius 3 is 2.59 bits per heavy atom. The summed E-state index contributed by atoms with van der Waals surface area (Å²) in [6.07, 6.45) is 5.13. The molecule has 1 aliphatic carbocycles. The van der Waals surface area contributed by atoms with Crippen molar-refractivity contribution in [2.24, 2.45) is 5.73 Å². The molecule has 2 N–H and O–H groups in total. The molecule has 0 heterocycles. The largest absolute Gasteiger partial charge is 0.493 e. The lowest BCUT2D eigenvalue weighted by Crippen LogP contribution is -2.12. The van der Waals surface area contributed by atoms with E-state index >= 15 is 0 Å². The van der Waals surface area contributed by atoms with Crippen LogP contribution in [-0.4, -0.2) is 13.2 Å². The summed E-state index contributed by atoms with van der Waals surface area (Å²) >= 11 is 3.50. The van der Waals surface area contributed by atoms with Crippen molar-refractivity contribution < 1.29 is 9.47 Å². The Morgan fingerprint density at radius 2 is 2.00 bits per heavy atom. The van der Waals surface area contributed by atoms with Crippen LogP contribution in [0.3, 0.4) is 0 Å². The van der Waals surface area contributed by atoms with Gasteiger partial charge in [0.1, 0.15) is 0 Å². The Bertz CT molecular complexity index is 389. The lowest BCUT2D eigenvalue weighted by Gasteiger charge is -2.17. The lowest BCUT2D eigenvalue weighted by molar-refractivity contribution is 0.200. The first-order valence-corrected chi connectivity index (χ1v) is 6.77. The second-order valence-electron chi connectivity index (χ2n) is 4.32. The van der Waals surface area contributed by atoms with Gasteiger partial charge in [-0.25, -0.2) is 0 Å². The van der Waals surface area contributed by atoms with Gasteiger partial charge in [0, 0.05) is 11.0 Å². The van der Waals surface area contributed by atoms with Crippen molar-refractivity contribution >= 4 is 15.9 Å². The number of nitrogens with two attached hydrogens (primary N) is 1. The number of hydrogen-bond acceptors (Lipinski definition) is 3. The SMILES string of the molecule is COc1cc(CN)c(Br)cc1OC1CCCC1. The number of rotatable bonds is 4. The van der Waals surface area contributed by atoms with Crippen molar-refractivity contribution in [3.8, 4) is 11.5 Å². The van der Waals surface area contributed by atoms with Crippen LogP contribution in [0, 0.1) is 0 Å². The van der Waals surface area contributed by atoms with Crippen molar-refractivity contribution in [1.82, 2.24) is 0 Å². The van der Waals surface area contributed by atoms with E-state index in [-0.39, 0.29) is 0 Å². The van der Waals surface area contributed by atoms with Crippen LogP contribution in [0.4, 0.5) is 0 Å². The summed E-state index contributed by atoms with van der Waals surface area (Å²) in [6, 6.07) is 3.90. The van der Waals surface area contributed by atoms with Gasteiger partial charge in [0.05, 0.1) is 13.2 Å². The van der Waals surface area contributed by atoms with Gasteiger partial charge in [0.15, 0.2) is 11.5 Å². The summed E-state index contributed by atoms with van der Waals surface area (Å²) < 4.78 is 12.3. The summed E-state index contributed by atoms with van der Waals surface area (Å²) in [5.41, 5.74) is 6.69. The molecule has 0 aliphatic heterocycles. The van der Waals surface area contributed by atoms with Gasteiger partial charge < -0.3 is 15.2 Å². The van der Waals surface area contributed by atoms with E-state index in [1.165, 1.54) is 12.8 Å². The third-order valence-electron chi connectivity index (χ3n) is 3.15. The highest BCUT2D eigenvalue weighted by atomic mass is 79.9. The Hall–Kier alpha value is -0.740. The minimum atomic E-state index is 0.333. The maximum absolute atomic E-state index is 5.98. The molecule has 1 aromatic carbocycles. The second kappa shape index (κ2) is 5.74. The summed E-state index contributed by atoms with van der Waals surface area (Å²) in [4.78, 5) is 0. The molecule has 94 valence electrons. The monoisotopic (exact) mass is 299 g/mol. The van der Waals surface area contributed by atoms with Crippen LogP contribution >= 0.6 is 15.9 Å². The van der Waals surface area contributed by atoms with E-state index in [2.05, 4.69) is 15.9 Å². The fourth-order valence-electron chi connectivity index (χ4n) is 2.17. The van der Waals surface area contributed by atoms with E-state index in [0.29, 0.717) is 12.6 Å². The van der Waals surface area contributed by atoms with Crippen LogP contribution in [0.15, 0.2) is 16.6 Å². The zero-order valence-electron chi connectivity index (χ0n) is 10.0. The molecule has 3 nitrogen and oxygen atoms in total. The number of halogens is 1. The highest BCUT2D eigenvalue weighted by Gasteiger charge is 2.19. The molecule has 0 bridgehead atoms. The van der Waals surface area contributed by atoms with Crippen LogP contribution in [0.5, 0.6) is 11.5 Å². The molecule has 0 unspecified atom stereocenters. The predicted octanol–water partition coefficient (Wildman–Crippen LogP) is 3.24. The summed E-state index contributed by atoms with van der Waals surface area (Å²) in [5.74, 6) is 1.57. The van der Waals surface area contributed by atoms with Gasteiger partial charge >= 0.3 is 0 Å². The predicted molar refractivity (Wildman–Crippen MR) is 71.5 cm³/mol. The van der Waals surface area contributed by atoms with Gasteiger partial charge in [-0.3, -0.25) is 0 Å². The van der Waals surface area contributed by atoms with Crippen LogP contribution < -0.4 is 15.2 Å². The molecule has 0 atom stereocenters. The van der Waals surface area contributed by atoms with Gasteiger partial charge in [-0.1, -0.05) is 15.9 Å². The van der Waals surface area contributed by atoms with Gasteiger partial charge in [0.25, 0.3) is 0 Å². The minimum Gasteiger partial charge on any atom is -0.493 e. The highest BCUT2D eigenvalue weighted by Crippen LogP contribution is 2.36. The summed E-state index contributed by atoms with van der Waals surface area (Å²) in [6.45, 7) is 0.487. The Kier molecular flexibility index (Phi) is 4.29. The molecule has 1 aromatic rings. The Morgan fingerprint density at radius 1 is 1.29 bits per heavy atom. The molecule has 0 aromatic heterocycles. The number of ether oxygens (including phenoxy) is 2. The molecule has 0 radical (unpaired) electrons. The summed E-state index contributed by atoms with van der Waals surface area (Å²) in [7, 11) is 1.66. The van der Waals surface area contributed by atoms with E-state index in [9.17, 15) is 0 Å². The highest BCUT2D eigenvalue weighted by molar-refractivity contribution is 9.10. The lowest BCUT2D eigenvalue weighted by atomic mass is 10.2. The topological polar surface area (TPSA) is 44.5 Å². The zero-order chi connectivity index (χ0) is 12.3. The van der Waals surface area contributed by atoms with E-state index in [1.807, 2.05) is 12.1 Å². The molecule has 0 saturated heterocycles. The molecule has 2 rings (SSSR count). The zero-order valence-corrected chi connectivity index (χ0v) is 11.6.